The lowest BCUT2D eigenvalue weighted by molar-refractivity contribution is -0.143. The maximum absolute atomic E-state index is 11.1. The first kappa shape index (κ1) is 15.8. The van der Waals surface area contributed by atoms with Crippen LogP contribution in [-0.2, 0) is 9.53 Å². The van der Waals surface area contributed by atoms with Gasteiger partial charge in [-0.25, -0.2) is 0 Å². The fourth-order valence-electron chi connectivity index (χ4n) is 2.53. The second-order valence-corrected chi connectivity index (χ2v) is 5.96. The summed E-state index contributed by atoms with van der Waals surface area (Å²) in [5, 5.41) is 4.47. The van der Waals surface area contributed by atoms with E-state index in [1.54, 1.807) is 0 Å². The molecule has 0 aromatic carbocycles. The quantitative estimate of drug-likeness (QED) is 0.518. The SMILES string of the molecule is CCOC(=O)CCCCCNC1CCCC1SC. The summed E-state index contributed by atoms with van der Waals surface area (Å²) in [6.07, 6.45) is 10.1. The summed E-state index contributed by atoms with van der Waals surface area (Å²) in [7, 11) is 0. The third-order valence-corrected chi connectivity index (χ3v) is 4.69. The summed E-state index contributed by atoms with van der Waals surface area (Å²) in [5.41, 5.74) is 0. The maximum Gasteiger partial charge on any atom is 0.305 e. The number of carbonyl (C=O) groups excluding carboxylic acids is 1. The fourth-order valence-corrected chi connectivity index (χ4v) is 3.50. The van der Waals surface area contributed by atoms with Crippen molar-refractivity contribution in [1.29, 1.82) is 0 Å². The lowest BCUT2D eigenvalue weighted by Crippen LogP contribution is -2.34. The molecule has 3 nitrogen and oxygen atoms in total. The van der Waals surface area contributed by atoms with E-state index < -0.39 is 0 Å². The summed E-state index contributed by atoms with van der Waals surface area (Å²) < 4.78 is 4.90. The molecule has 106 valence electrons. The van der Waals surface area contributed by atoms with Crippen LogP contribution in [0.5, 0.6) is 0 Å². The number of hydrogen-bond donors (Lipinski definition) is 1. The van der Waals surface area contributed by atoms with Gasteiger partial charge in [-0.15, -0.1) is 0 Å². The van der Waals surface area contributed by atoms with Crippen molar-refractivity contribution < 1.29 is 9.53 Å². The normalized spacial score (nSPS) is 23.2. The maximum atomic E-state index is 11.1. The van der Waals surface area contributed by atoms with E-state index in [0.29, 0.717) is 19.1 Å². The highest BCUT2D eigenvalue weighted by molar-refractivity contribution is 7.99. The van der Waals surface area contributed by atoms with Gasteiger partial charge in [0.2, 0.25) is 0 Å². The Bertz CT molecular complexity index is 236. The molecule has 1 rings (SSSR count). The van der Waals surface area contributed by atoms with E-state index in [1.165, 1.54) is 19.3 Å². The second kappa shape index (κ2) is 9.68. The fraction of sp³-hybridized carbons (Fsp3) is 0.929. The predicted octanol–water partition coefficient (Wildman–Crippen LogP) is 2.98. The van der Waals surface area contributed by atoms with Gasteiger partial charge in [0, 0.05) is 17.7 Å². The minimum Gasteiger partial charge on any atom is -0.466 e. The summed E-state index contributed by atoms with van der Waals surface area (Å²) in [4.78, 5) is 11.1. The van der Waals surface area contributed by atoms with Gasteiger partial charge in [-0.3, -0.25) is 4.79 Å². The smallest absolute Gasteiger partial charge is 0.305 e. The zero-order valence-corrected chi connectivity index (χ0v) is 12.6. The average Bonchev–Trinajstić information content (AvgIpc) is 2.81. The number of nitrogens with one attached hydrogen (secondary N) is 1. The molecule has 0 spiro atoms. The number of ether oxygens (including phenoxy) is 1. The van der Waals surface area contributed by atoms with Gasteiger partial charge in [-0.05, 0) is 45.4 Å². The van der Waals surface area contributed by atoms with Crippen LogP contribution in [0, 0.1) is 0 Å². The molecule has 0 aromatic heterocycles. The lowest BCUT2D eigenvalue weighted by Gasteiger charge is -2.19. The van der Waals surface area contributed by atoms with E-state index in [9.17, 15) is 4.79 Å². The van der Waals surface area contributed by atoms with Crippen LogP contribution in [0.4, 0.5) is 0 Å². The van der Waals surface area contributed by atoms with Crippen molar-refractivity contribution in [2.45, 2.75) is 63.2 Å². The van der Waals surface area contributed by atoms with Crippen LogP contribution < -0.4 is 5.32 Å². The van der Waals surface area contributed by atoms with E-state index in [4.69, 9.17) is 4.74 Å². The molecule has 4 heteroatoms. The van der Waals surface area contributed by atoms with E-state index in [1.807, 2.05) is 18.7 Å². The zero-order valence-electron chi connectivity index (χ0n) is 11.7. The highest BCUT2D eigenvalue weighted by Crippen LogP contribution is 2.28. The Hall–Kier alpha value is -0.220. The summed E-state index contributed by atoms with van der Waals surface area (Å²) in [5.74, 6) is -0.0521. The standard InChI is InChI=1S/C14H27NO2S/c1-3-17-14(16)10-5-4-6-11-15-12-8-7-9-13(12)18-2/h12-13,15H,3-11H2,1-2H3. The van der Waals surface area contributed by atoms with E-state index in [0.717, 1.165) is 31.1 Å². The van der Waals surface area contributed by atoms with Crippen LogP contribution in [-0.4, -0.2) is 36.7 Å². The van der Waals surface area contributed by atoms with Crippen molar-refractivity contribution in [2.24, 2.45) is 0 Å². The van der Waals surface area contributed by atoms with Gasteiger partial charge in [0.25, 0.3) is 0 Å². The highest BCUT2D eigenvalue weighted by Gasteiger charge is 2.25. The predicted molar refractivity (Wildman–Crippen MR) is 78.0 cm³/mol. The van der Waals surface area contributed by atoms with Crippen LogP contribution in [0.1, 0.15) is 51.9 Å². The number of rotatable bonds is 9. The average molecular weight is 273 g/mol. The van der Waals surface area contributed by atoms with Gasteiger partial charge in [0.15, 0.2) is 0 Å². The molecule has 1 aliphatic rings. The van der Waals surface area contributed by atoms with E-state index in [-0.39, 0.29) is 5.97 Å². The Morgan fingerprint density at radius 3 is 2.89 bits per heavy atom. The van der Waals surface area contributed by atoms with Crippen LogP contribution in [0.15, 0.2) is 0 Å². The minimum atomic E-state index is -0.0521. The van der Waals surface area contributed by atoms with Gasteiger partial charge < -0.3 is 10.1 Å². The second-order valence-electron chi connectivity index (χ2n) is 4.88. The molecule has 18 heavy (non-hydrogen) atoms. The van der Waals surface area contributed by atoms with Crippen LogP contribution in [0.3, 0.4) is 0 Å². The number of thioether (sulfide) groups is 1. The summed E-state index contributed by atoms with van der Waals surface area (Å²) in [6.45, 7) is 3.44. The van der Waals surface area contributed by atoms with Crippen molar-refractivity contribution in [3.63, 3.8) is 0 Å². The third-order valence-electron chi connectivity index (χ3n) is 3.52. The van der Waals surface area contributed by atoms with Gasteiger partial charge in [-0.2, -0.15) is 11.8 Å². The molecular formula is C14H27NO2S. The van der Waals surface area contributed by atoms with Crippen LogP contribution in [0.2, 0.25) is 0 Å². The van der Waals surface area contributed by atoms with Crippen molar-refractivity contribution in [3.8, 4) is 0 Å². The van der Waals surface area contributed by atoms with Gasteiger partial charge in [0.05, 0.1) is 6.61 Å². The molecule has 0 bridgehead atoms. The Balaban J connectivity index is 1.94. The van der Waals surface area contributed by atoms with Crippen molar-refractivity contribution in [2.75, 3.05) is 19.4 Å². The van der Waals surface area contributed by atoms with Crippen LogP contribution in [0.25, 0.3) is 0 Å². The first-order valence-corrected chi connectivity index (χ1v) is 8.48. The molecule has 1 saturated carbocycles. The monoisotopic (exact) mass is 273 g/mol. The first-order chi connectivity index (χ1) is 8.77. The molecule has 0 aliphatic heterocycles. The molecule has 0 saturated heterocycles. The molecule has 2 atom stereocenters. The summed E-state index contributed by atoms with van der Waals surface area (Å²) in [6, 6.07) is 0.713. The molecule has 1 fully saturated rings. The number of unbranched alkanes of at least 4 members (excludes halogenated alkanes) is 2. The molecule has 1 N–H and O–H groups in total. The topological polar surface area (TPSA) is 38.3 Å². The van der Waals surface area contributed by atoms with E-state index in [2.05, 4.69) is 11.6 Å². The van der Waals surface area contributed by atoms with Gasteiger partial charge >= 0.3 is 5.97 Å². The van der Waals surface area contributed by atoms with Crippen LogP contribution >= 0.6 is 11.8 Å². The Morgan fingerprint density at radius 1 is 1.33 bits per heavy atom. The number of carbonyl (C=O) groups is 1. The zero-order chi connectivity index (χ0) is 13.2. The first-order valence-electron chi connectivity index (χ1n) is 7.19. The van der Waals surface area contributed by atoms with Crippen molar-refractivity contribution in [3.05, 3.63) is 0 Å². The largest absolute Gasteiger partial charge is 0.466 e. The molecule has 0 radical (unpaired) electrons. The lowest BCUT2D eigenvalue weighted by atomic mass is 10.2. The number of esters is 1. The highest BCUT2D eigenvalue weighted by atomic mass is 32.2. The molecule has 0 amide bonds. The van der Waals surface area contributed by atoms with Gasteiger partial charge in [-0.1, -0.05) is 12.8 Å². The Kier molecular flexibility index (Phi) is 8.51. The summed E-state index contributed by atoms with van der Waals surface area (Å²) >= 11 is 1.99. The molecule has 0 heterocycles. The van der Waals surface area contributed by atoms with Crippen molar-refractivity contribution >= 4 is 17.7 Å². The Labute approximate surface area is 115 Å². The van der Waals surface area contributed by atoms with Gasteiger partial charge in [0.1, 0.15) is 0 Å². The number of hydrogen-bond acceptors (Lipinski definition) is 4. The Morgan fingerprint density at radius 2 is 2.17 bits per heavy atom. The molecule has 2 unspecified atom stereocenters. The minimum absolute atomic E-state index is 0.0521. The molecular weight excluding hydrogens is 246 g/mol. The molecule has 0 aromatic rings. The third kappa shape index (κ3) is 6.10. The van der Waals surface area contributed by atoms with E-state index >= 15 is 0 Å². The molecule has 1 aliphatic carbocycles. The van der Waals surface area contributed by atoms with Crippen molar-refractivity contribution in [1.82, 2.24) is 5.32 Å².